The van der Waals surface area contributed by atoms with Crippen LogP contribution in [0.15, 0.2) is 24.3 Å². The molecule has 3 N–H and O–H groups in total. The van der Waals surface area contributed by atoms with Gasteiger partial charge in [0, 0.05) is 19.1 Å². The monoisotopic (exact) mass is 272 g/mol. The minimum absolute atomic E-state index is 0.277. The molecular formula is C12H20N2O3S. The third-order valence-electron chi connectivity index (χ3n) is 2.50. The number of aliphatic hydroxyl groups is 1. The predicted molar refractivity (Wildman–Crippen MR) is 71.7 cm³/mol. The minimum atomic E-state index is -2.57. The molecule has 5 nitrogen and oxygen atoms in total. The molecule has 0 aromatic heterocycles. The molecule has 0 aliphatic rings. The van der Waals surface area contributed by atoms with Crippen molar-refractivity contribution in [2.45, 2.75) is 32.5 Å². The Morgan fingerprint density at radius 3 is 2.33 bits per heavy atom. The quantitative estimate of drug-likeness (QED) is 0.540. The molecule has 1 aromatic carbocycles. The van der Waals surface area contributed by atoms with Crippen molar-refractivity contribution in [2.75, 3.05) is 6.54 Å². The summed E-state index contributed by atoms with van der Waals surface area (Å²) in [4.78, 5) is 0. The highest BCUT2D eigenvalue weighted by Gasteiger charge is 2.07. The summed E-state index contributed by atoms with van der Waals surface area (Å²) >= 11 is 0. The van der Waals surface area contributed by atoms with Crippen LogP contribution >= 0.6 is 0 Å². The van der Waals surface area contributed by atoms with Gasteiger partial charge in [-0.2, -0.15) is 0 Å². The number of thiol groups is 1. The van der Waals surface area contributed by atoms with Gasteiger partial charge in [0.15, 0.2) is 0 Å². The molecule has 0 spiro atoms. The molecule has 0 aliphatic carbocycles. The molecule has 0 saturated heterocycles. The average Bonchev–Trinajstić information content (AvgIpc) is 2.34. The first-order valence-electron chi connectivity index (χ1n) is 5.87. The third-order valence-corrected chi connectivity index (χ3v) is 2.91. The van der Waals surface area contributed by atoms with Crippen molar-refractivity contribution in [3.8, 4) is 0 Å². The zero-order valence-corrected chi connectivity index (χ0v) is 11.5. The van der Waals surface area contributed by atoms with Crippen LogP contribution in [0.4, 0.5) is 0 Å². The van der Waals surface area contributed by atoms with E-state index in [1.54, 1.807) is 12.1 Å². The maximum absolute atomic E-state index is 10.4. The predicted octanol–water partition coefficient (Wildman–Crippen LogP) is 0.334. The molecule has 1 aromatic rings. The molecule has 18 heavy (non-hydrogen) atoms. The Morgan fingerprint density at radius 1 is 1.22 bits per heavy atom. The van der Waals surface area contributed by atoms with Gasteiger partial charge in [-0.1, -0.05) is 38.1 Å². The molecule has 0 amide bonds. The number of aliphatic hydroxyl groups excluding tert-OH is 1. The van der Waals surface area contributed by atoms with Crippen molar-refractivity contribution in [1.29, 1.82) is 0 Å². The zero-order chi connectivity index (χ0) is 13.5. The molecule has 6 heteroatoms. The molecule has 1 unspecified atom stereocenters. The average molecular weight is 272 g/mol. The number of hydrogen-bond acceptors (Lipinski definition) is 4. The van der Waals surface area contributed by atoms with Crippen molar-refractivity contribution in [1.82, 2.24) is 10.0 Å². The molecule has 0 fully saturated rings. The van der Waals surface area contributed by atoms with Gasteiger partial charge < -0.3 is 10.4 Å². The number of nitrogens with one attached hydrogen (secondary N) is 2. The van der Waals surface area contributed by atoms with Gasteiger partial charge in [-0.05, 0) is 11.1 Å². The van der Waals surface area contributed by atoms with Crippen molar-refractivity contribution in [3.63, 3.8) is 0 Å². The van der Waals surface area contributed by atoms with Crippen LogP contribution in [0.3, 0.4) is 0 Å². The lowest BCUT2D eigenvalue weighted by molar-refractivity contribution is 0.171. The third kappa shape index (κ3) is 5.59. The van der Waals surface area contributed by atoms with E-state index in [-0.39, 0.29) is 6.54 Å². The van der Waals surface area contributed by atoms with Crippen LogP contribution in [-0.4, -0.2) is 26.1 Å². The van der Waals surface area contributed by atoms with Crippen molar-refractivity contribution < 1.29 is 13.5 Å². The van der Waals surface area contributed by atoms with Crippen LogP contribution in [0.1, 0.15) is 31.1 Å². The summed E-state index contributed by atoms with van der Waals surface area (Å²) in [6.45, 7) is 4.82. The van der Waals surface area contributed by atoms with Crippen LogP contribution in [0.25, 0.3) is 0 Å². The molecule has 102 valence electrons. The second-order valence-corrected chi connectivity index (χ2v) is 5.24. The van der Waals surface area contributed by atoms with Crippen LogP contribution in [0.2, 0.25) is 0 Å². The highest BCUT2D eigenvalue weighted by Crippen LogP contribution is 2.13. The maximum Gasteiger partial charge on any atom is 0.201 e. The fourth-order valence-electron chi connectivity index (χ4n) is 1.48. The second kappa shape index (κ2) is 7.48. The SMILES string of the molecule is CC(C)NCC(O)c1ccc(CN[SH](=O)=O)cc1. The lowest BCUT2D eigenvalue weighted by atomic mass is 10.1. The Labute approximate surface area is 109 Å². The molecule has 1 atom stereocenters. The fraction of sp³-hybridized carbons (Fsp3) is 0.500. The molecule has 0 radical (unpaired) electrons. The molecular weight excluding hydrogens is 252 g/mol. The van der Waals surface area contributed by atoms with E-state index in [0.29, 0.717) is 12.6 Å². The summed E-state index contributed by atoms with van der Waals surface area (Å²) in [5, 5.41) is 13.1. The van der Waals surface area contributed by atoms with E-state index in [1.807, 2.05) is 26.0 Å². The molecule has 0 aliphatic heterocycles. The van der Waals surface area contributed by atoms with Gasteiger partial charge in [0.1, 0.15) is 0 Å². The Bertz CT molecular complexity index is 421. The molecule has 1 rings (SSSR count). The number of rotatable bonds is 7. The van der Waals surface area contributed by atoms with Crippen molar-refractivity contribution in [3.05, 3.63) is 35.4 Å². The highest BCUT2D eigenvalue weighted by molar-refractivity contribution is 7.70. The smallest absolute Gasteiger partial charge is 0.201 e. The highest BCUT2D eigenvalue weighted by atomic mass is 32.2. The van der Waals surface area contributed by atoms with Gasteiger partial charge in [0.25, 0.3) is 0 Å². The van der Waals surface area contributed by atoms with E-state index in [2.05, 4.69) is 10.0 Å². The normalized spacial score (nSPS) is 13.2. The number of hydrogen-bond donors (Lipinski definition) is 4. The summed E-state index contributed by atoms with van der Waals surface area (Å²) < 4.78 is 23.1. The van der Waals surface area contributed by atoms with Crippen LogP contribution in [0, 0.1) is 0 Å². The van der Waals surface area contributed by atoms with Gasteiger partial charge in [0.05, 0.1) is 6.10 Å². The number of benzene rings is 1. The van der Waals surface area contributed by atoms with Gasteiger partial charge in [-0.3, -0.25) is 0 Å². The lowest BCUT2D eigenvalue weighted by Gasteiger charge is -2.14. The van der Waals surface area contributed by atoms with Crippen LogP contribution in [0.5, 0.6) is 0 Å². The first-order chi connectivity index (χ1) is 8.49. The van der Waals surface area contributed by atoms with Gasteiger partial charge in [0.2, 0.25) is 10.9 Å². The van der Waals surface area contributed by atoms with E-state index in [1.165, 1.54) is 0 Å². The zero-order valence-electron chi connectivity index (χ0n) is 10.6. The molecule has 0 saturated carbocycles. The van der Waals surface area contributed by atoms with Gasteiger partial charge in [-0.25, -0.2) is 13.1 Å². The van der Waals surface area contributed by atoms with Crippen molar-refractivity contribution >= 4 is 10.9 Å². The largest absolute Gasteiger partial charge is 0.387 e. The van der Waals surface area contributed by atoms with Crippen LogP contribution < -0.4 is 10.0 Å². The second-order valence-electron chi connectivity index (χ2n) is 4.41. The van der Waals surface area contributed by atoms with E-state index < -0.39 is 17.0 Å². The minimum Gasteiger partial charge on any atom is -0.387 e. The van der Waals surface area contributed by atoms with Gasteiger partial charge in [-0.15, -0.1) is 0 Å². The lowest BCUT2D eigenvalue weighted by Crippen LogP contribution is -2.27. The van der Waals surface area contributed by atoms with E-state index in [9.17, 15) is 13.5 Å². The molecule has 0 bridgehead atoms. The summed E-state index contributed by atoms with van der Waals surface area (Å²) in [5.41, 5.74) is 1.68. The molecule has 0 heterocycles. The summed E-state index contributed by atoms with van der Waals surface area (Å²) in [6.07, 6.45) is -0.550. The summed E-state index contributed by atoms with van der Waals surface area (Å²) in [6, 6.07) is 7.55. The Kier molecular flexibility index (Phi) is 6.28. The maximum atomic E-state index is 10.4. The fourth-order valence-corrected chi connectivity index (χ4v) is 1.79. The summed E-state index contributed by atoms with van der Waals surface area (Å²) in [5.74, 6) is 0. The summed E-state index contributed by atoms with van der Waals surface area (Å²) in [7, 11) is -2.57. The van der Waals surface area contributed by atoms with Crippen molar-refractivity contribution in [2.24, 2.45) is 0 Å². The topological polar surface area (TPSA) is 78.4 Å². The first-order valence-corrected chi connectivity index (χ1v) is 7.05. The standard InChI is InChI=1S/C12H20N2O3S/c1-9(2)13-8-12(15)11-5-3-10(4-6-11)7-14-18(16)17/h3-6,9,12-13,15,18H,7-8H2,1-2H3,(H,14,16,17). The van der Waals surface area contributed by atoms with Gasteiger partial charge >= 0.3 is 0 Å². The Hall–Kier alpha value is -0.950. The van der Waals surface area contributed by atoms with Crippen LogP contribution in [-0.2, 0) is 17.4 Å². The van der Waals surface area contributed by atoms with E-state index in [4.69, 9.17) is 0 Å². The first kappa shape index (κ1) is 15.1. The Morgan fingerprint density at radius 2 is 1.83 bits per heavy atom. The van der Waals surface area contributed by atoms with E-state index >= 15 is 0 Å². The van der Waals surface area contributed by atoms with E-state index in [0.717, 1.165) is 11.1 Å². The Balaban J connectivity index is 2.53.